The molecule has 0 saturated carbocycles. The lowest BCUT2D eigenvalue weighted by Crippen LogP contribution is -2.38. The van der Waals surface area contributed by atoms with Crippen LogP contribution in [0, 0.1) is 13.8 Å². The Hall–Kier alpha value is -1.09. The summed E-state index contributed by atoms with van der Waals surface area (Å²) in [6.45, 7) is 10.5. The third-order valence-electron chi connectivity index (χ3n) is 3.48. The fraction of sp³-hybridized carbons (Fsp3) is 0.529. The normalized spacial score (nSPS) is 11.2. The van der Waals surface area contributed by atoms with Crippen LogP contribution in [-0.4, -0.2) is 24.0 Å². The molecule has 2 heterocycles. The molecule has 0 unspecified atom stereocenters. The van der Waals surface area contributed by atoms with Crippen LogP contribution in [0.2, 0.25) is 0 Å². The van der Waals surface area contributed by atoms with Crippen LogP contribution in [0.25, 0.3) is 0 Å². The van der Waals surface area contributed by atoms with Crippen molar-refractivity contribution in [3.8, 4) is 0 Å². The van der Waals surface area contributed by atoms with Crippen LogP contribution in [0.3, 0.4) is 0 Å². The number of nitrogens with zero attached hydrogens (tertiary/aromatic N) is 2. The summed E-state index contributed by atoms with van der Waals surface area (Å²) in [6.07, 6.45) is 3.95. The molecular weight excluding hydrogens is 435 g/mol. The molecule has 0 spiro atoms. The van der Waals surface area contributed by atoms with Crippen molar-refractivity contribution in [2.45, 2.75) is 47.1 Å². The zero-order valence-electron chi connectivity index (χ0n) is 14.8. The summed E-state index contributed by atoms with van der Waals surface area (Å²) < 4.78 is 5.54. The minimum atomic E-state index is 0. The Labute approximate surface area is 165 Å². The van der Waals surface area contributed by atoms with Crippen LogP contribution in [0.5, 0.6) is 0 Å². The fourth-order valence-corrected chi connectivity index (χ4v) is 3.12. The van der Waals surface area contributed by atoms with Gasteiger partial charge in [-0.1, -0.05) is 6.92 Å². The van der Waals surface area contributed by atoms with Crippen molar-refractivity contribution < 1.29 is 4.42 Å². The van der Waals surface area contributed by atoms with E-state index in [0.717, 1.165) is 49.0 Å². The molecule has 0 aliphatic rings. The Bertz CT molecular complexity index is 651. The third-order valence-corrected chi connectivity index (χ3v) is 4.68. The predicted molar refractivity (Wildman–Crippen MR) is 112 cm³/mol. The number of halogens is 1. The Kier molecular flexibility index (Phi) is 9.35. The van der Waals surface area contributed by atoms with E-state index in [1.165, 1.54) is 9.88 Å². The lowest BCUT2D eigenvalue weighted by atomic mass is 10.2. The molecule has 0 aliphatic heterocycles. The highest BCUT2D eigenvalue weighted by molar-refractivity contribution is 14.0. The topological polar surface area (TPSA) is 62.5 Å². The van der Waals surface area contributed by atoms with E-state index in [4.69, 9.17) is 4.42 Å². The molecule has 134 valence electrons. The van der Waals surface area contributed by atoms with Crippen molar-refractivity contribution in [3.63, 3.8) is 0 Å². The van der Waals surface area contributed by atoms with Crippen molar-refractivity contribution >= 4 is 41.3 Å². The first kappa shape index (κ1) is 21.0. The molecule has 0 saturated heterocycles. The molecule has 7 heteroatoms. The second-order valence-electron chi connectivity index (χ2n) is 5.38. The monoisotopic (exact) mass is 462 g/mol. The first-order valence-corrected chi connectivity index (χ1v) is 8.95. The SMILES string of the molecule is CCNC(=NCc1cc(C)oc1C)NCCc1ncc(CC)s1.I. The number of thiazole rings is 1. The predicted octanol–water partition coefficient (Wildman–Crippen LogP) is 3.83. The average Bonchev–Trinajstić information content (AvgIpc) is 3.11. The quantitative estimate of drug-likeness (QED) is 0.373. The standard InChI is InChI=1S/C17H26N4OS.HI/c1-5-15-11-20-16(23-15)7-8-19-17(18-6-2)21-10-14-9-12(3)22-13(14)4;/h9,11H,5-8,10H2,1-4H3,(H2,18,19,21);1H. The van der Waals surface area contributed by atoms with E-state index < -0.39 is 0 Å². The summed E-state index contributed by atoms with van der Waals surface area (Å²) in [5.41, 5.74) is 1.13. The van der Waals surface area contributed by atoms with E-state index in [0.29, 0.717) is 6.54 Å². The highest BCUT2D eigenvalue weighted by Crippen LogP contribution is 2.15. The molecule has 0 radical (unpaired) electrons. The smallest absolute Gasteiger partial charge is 0.191 e. The van der Waals surface area contributed by atoms with Crippen molar-refractivity contribution in [1.29, 1.82) is 0 Å². The summed E-state index contributed by atoms with van der Waals surface area (Å²) >= 11 is 1.79. The summed E-state index contributed by atoms with van der Waals surface area (Å²) in [7, 11) is 0. The highest BCUT2D eigenvalue weighted by Gasteiger charge is 2.05. The first-order chi connectivity index (χ1) is 11.1. The largest absolute Gasteiger partial charge is 0.466 e. The van der Waals surface area contributed by atoms with Crippen molar-refractivity contribution in [3.05, 3.63) is 39.2 Å². The Morgan fingerprint density at radius 3 is 2.67 bits per heavy atom. The van der Waals surface area contributed by atoms with Crippen LogP contribution in [0.1, 0.15) is 40.8 Å². The molecule has 2 aromatic heterocycles. The summed E-state index contributed by atoms with van der Waals surface area (Å²) in [6, 6.07) is 2.05. The summed E-state index contributed by atoms with van der Waals surface area (Å²) in [4.78, 5) is 10.4. The molecule has 0 atom stereocenters. The minimum absolute atomic E-state index is 0. The molecule has 2 aromatic rings. The van der Waals surface area contributed by atoms with Gasteiger partial charge in [0.2, 0.25) is 0 Å². The maximum Gasteiger partial charge on any atom is 0.191 e. The molecule has 0 bridgehead atoms. The lowest BCUT2D eigenvalue weighted by molar-refractivity contribution is 0.501. The number of furan rings is 1. The maximum atomic E-state index is 5.54. The zero-order chi connectivity index (χ0) is 16.7. The van der Waals surface area contributed by atoms with Gasteiger partial charge in [-0.3, -0.25) is 0 Å². The minimum Gasteiger partial charge on any atom is -0.466 e. The van der Waals surface area contributed by atoms with Crippen LogP contribution in [-0.2, 0) is 19.4 Å². The number of hydrogen-bond donors (Lipinski definition) is 2. The van der Waals surface area contributed by atoms with Crippen molar-refractivity contribution in [2.24, 2.45) is 4.99 Å². The van der Waals surface area contributed by atoms with Gasteiger partial charge < -0.3 is 15.1 Å². The number of nitrogens with one attached hydrogen (secondary N) is 2. The number of rotatable bonds is 7. The van der Waals surface area contributed by atoms with Gasteiger partial charge in [0.1, 0.15) is 11.5 Å². The van der Waals surface area contributed by atoms with E-state index in [1.54, 1.807) is 11.3 Å². The van der Waals surface area contributed by atoms with E-state index in [-0.39, 0.29) is 24.0 Å². The average molecular weight is 462 g/mol. The van der Waals surface area contributed by atoms with Crippen LogP contribution in [0.15, 0.2) is 21.7 Å². The van der Waals surface area contributed by atoms with Crippen LogP contribution >= 0.6 is 35.3 Å². The van der Waals surface area contributed by atoms with Gasteiger partial charge in [0.05, 0.1) is 11.6 Å². The van der Waals surface area contributed by atoms with E-state index in [2.05, 4.69) is 34.5 Å². The molecule has 0 aromatic carbocycles. The Morgan fingerprint density at radius 2 is 2.08 bits per heavy atom. The molecule has 0 amide bonds. The molecule has 24 heavy (non-hydrogen) atoms. The highest BCUT2D eigenvalue weighted by atomic mass is 127. The second-order valence-corrected chi connectivity index (χ2v) is 6.58. The molecule has 5 nitrogen and oxygen atoms in total. The van der Waals surface area contributed by atoms with Gasteiger partial charge >= 0.3 is 0 Å². The second kappa shape index (κ2) is 10.7. The van der Waals surface area contributed by atoms with E-state index in [9.17, 15) is 0 Å². The van der Waals surface area contributed by atoms with Crippen molar-refractivity contribution in [1.82, 2.24) is 15.6 Å². The summed E-state index contributed by atoms with van der Waals surface area (Å²) in [5, 5.41) is 7.81. The third kappa shape index (κ3) is 6.43. The Balaban J connectivity index is 0.00000288. The van der Waals surface area contributed by atoms with Gasteiger partial charge in [0, 0.05) is 36.1 Å². The number of aliphatic imine (C=N–C) groups is 1. The van der Waals surface area contributed by atoms with E-state index >= 15 is 0 Å². The van der Waals surface area contributed by atoms with Gasteiger partial charge in [-0.25, -0.2) is 9.98 Å². The zero-order valence-corrected chi connectivity index (χ0v) is 18.0. The maximum absolute atomic E-state index is 5.54. The molecule has 2 rings (SSSR count). The van der Waals surface area contributed by atoms with Crippen molar-refractivity contribution in [2.75, 3.05) is 13.1 Å². The molecule has 0 aliphatic carbocycles. The van der Waals surface area contributed by atoms with Gasteiger partial charge in [0.15, 0.2) is 5.96 Å². The first-order valence-electron chi connectivity index (χ1n) is 8.14. The van der Waals surface area contributed by atoms with Crippen LogP contribution < -0.4 is 10.6 Å². The number of aryl methyl sites for hydroxylation is 3. The Morgan fingerprint density at radius 1 is 1.29 bits per heavy atom. The van der Waals surface area contributed by atoms with Gasteiger partial charge in [-0.15, -0.1) is 35.3 Å². The number of guanidine groups is 1. The molecule has 0 fully saturated rings. The lowest BCUT2D eigenvalue weighted by Gasteiger charge is -2.10. The number of hydrogen-bond acceptors (Lipinski definition) is 4. The molecular formula is C17H27IN4OS. The molecule has 2 N–H and O–H groups in total. The van der Waals surface area contributed by atoms with Gasteiger partial charge in [0.25, 0.3) is 0 Å². The summed E-state index contributed by atoms with van der Waals surface area (Å²) in [5.74, 6) is 2.70. The van der Waals surface area contributed by atoms with E-state index in [1.807, 2.05) is 26.1 Å². The fourth-order valence-electron chi connectivity index (χ4n) is 2.26. The van der Waals surface area contributed by atoms with Gasteiger partial charge in [-0.05, 0) is 33.3 Å². The number of aromatic nitrogens is 1. The van der Waals surface area contributed by atoms with Gasteiger partial charge in [-0.2, -0.15) is 0 Å². The van der Waals surface area contributed by atoms with Crippen LogP contribution in [0.4, 0.5) is 0 Å².